The Kier molecular flexibility index (Phi) is 22.6. The molecule has 5 amide bonds. The summed E-state index contributed by atoms with van der Waals surface area (Å²) in [5.41, 5.74) is -0.747. The summed E-state index contributed by atoms with van der Waals surface area (Å²) in [5, 5.41) is 23.0. The molecular formula is C63H77BN10O15S4U. The predicted molar refractivity (Wildman–Crippen MR) is 353 cm³/mol. The number of ether oxygens (including phenoxy) is 4. The Bertz CT molecular complexity index is 4060. The van der Waals surface area contributed by atoms with Gasteiger partial charge in [0, 0.05) is 64.2 Å². The summed E-state index contributed by atoms with van der Waals surface area (Å²) in [7, 11) is -3.22. The molecule has 0 spiro atoms. The number of carbonyl (C=O) groups is 6. The van der Waals surface area contributed by atoms with Crippen LogP contribution < -0.4 is 30.0 Å². The maximum absolute atomic E-state index is 13.9. The van der Waals surface area contributed by atoms with E-state index < -0.39 is 114 Å². The average Bonchev–Trinajstić information content (AvgIpc) is 1.59. The minimum Gasteiger partial charge on any atom is -0.479 e. The van der Waals surface area contributed by atoms with E-state index in [-0.39, 0.29) is 94.4 Å². The number of likely N-dealkylation sites (tertiary alicyclic amines) is 2. The minimum absolute atomic E-state index is 0. The first-order chi connectivity index (χ1) is 43.9. The fraction of sp³-hybridized carbons (Fsp3) is 0.460. The van der Waals surface area contributed by atoms with Crippen LogP contribution in [0.4, 0.5) is 9.59 Å². The van der Waals surface area contributed by atoms with Crippen LogP contribution in [0.1, 0.15) is 100 Å². The number of carboxylic acids is 1. The van der Waals surface area contributed by atoms with Gasteiger partial charge in [0.2, 0.25) is 43.6 Å². The maximum Gasteiger partial charge on any atom is 0.411 e. The molecule has 6 aliphatic rings. The van der Waals surface area contributed by atoms with Gasteiger partial charge in [0.15, 0.2) is 0 Å². The third kappa shape index (κ3) is 17.3. The number of thiophene rings is 2. The largest absolute Gasteiger partial charge is 0.479 e. The molecule has 8 atom stereocenters. The number of nitrogens with zero attached hydrogens (tertiary/aromatic N) is 6. The van der Waals surface area contributed by atoms with E-state index in [0.29, 0.717) is 52.2 Å². The van der Waals surface area contributed by atoms with Crippen LogP contribution in [0.3, 0.4) is 0 Å². The molecule has 4 saturated carbocycles. The van der Waals surface area contributed by atoms with E-state index in [1.165, 1.54) is 44.6 Å². The molecule has 94 heavy (non-hydrogen) atoms. The zero-order valence-electron chi connectivity index (χ0n) is 53.0. The van der Waals surface area contributed by atoms with Crippen molar-refractivity contribution in [3.63, 3.8) is 0 Å². The third-order valence-electron chi connectivity index (χ3n) is 15.8. The summed E-state index contributed by atoms with van der Waals surface area (Å²) in [6.45, 7) is 17.8. The van der Waals surface area contributed by atoms with Gasteiger partial charge >= 0.3 is 18.2 Å². The van der Waals surface area contributed by atoms with Crippen molar-refractivity contribution in [3.8, 4) is 32.9 Å². The fourth-order valence-corrected chi connectivity index (χ4v) is 14.2. The van der Waals surface area contributed by atoms with Gasteiger partial charge in [-0.05, 0) is 129 Å². The second-order valence-electron chi connectivity index (χ2n) is 25.2. The van der Waals surface area contributed by atoms with Crippen molar-refractivity contribution < 1.29 is 101 Å². The molecule has 12 rings (SSSR count). The number of benzene rings is 2. The van der Waals surface area contributed by atoms with Crippen molar-refractivity contribution in [1.82, 2.24) is 45.1 Å². The molecule has 6 heterocycles. The summed E-state index contributed by atoms with van der Waals surface area (Å²) in [6, 6.07) is 20.4. The SMILES string of the molecule is C.C=C[C@@H]1C[C@]1(NC(=O)[C@@H]1C[C@@H](Oc2nc3ccccc3nc2-c2cccs2)CN1C(=O)OC(C)(C)C)C(=O)NS(=O)(=O)C1CC1.C=C[C@@H]1C[C@]1(NC(=O)[C@@H]1C[C@@H](Oc2nc3ccccc3nc2-c2cccs2)CN1C(=O)OC(C)(C)C)C(=O)O.NS(=O)(=O)C1CC1.[2H][B].[U]. The van der Waals surface area contributed by atoms with E-state index in [1.54, 1.807) is 41.5 Å². The number of aromatic nitrogens is 4. The Morgan fingerprint density at radius 2 is 1.03 bits per heavy atom. The number of sulfonamides is 2. The van der Waals surface area contributed by atoms with Crippen molar-refractivity contribution in [3.05, 3.63) is 109 Å². The molecule has 6 aromatic rings. The molecule has 0 unspecified atom stereocenters. The van der Waals surface area contributed by atoms with Crippen molar-refractivity contribution in [2.24, 2.45) is 17.0 Å². The molecule has 2 saturated heterocycles. The zero-order chi connectivity index (χ0) is 67.6. The molecule has 2 aliphatic heterocycles. The molecular weight excluding hydrogens is 1510 g/mol. The molecule has 6 fully saturated rings. The van der Waals surface area contributed by atoms with Crippen LogP contribution in [0.15, 0.2) is 109 Å². The smallest absolute Gasteiger partial charge is 0.411 e. The van der Waals surface area contributed by atoms with Crippen LogP contribution in [-0.4, -0.2) is 167 Å². The van der Waals surface area contributed by atoms with Gasteiger partial charge in [-0.3, -0.25) is 28.9 Å². The van der Waals surface area contributed by atoms with Crippen molar-refractivity contribution in [2.45, 2.75) is 157 Å². The number of nitrogens with two attached hydrogens (primary N) is 1. The van der Waals surface area contributed by atoms with Crippen LogP contribution in [0.5, 0.6) is 11.8 Å². The second kappa shape index (κ2) is 29.1. The van der Waals surface area contributed by atoms with Gasteiger partial charge in [0.1, 0.15) is 58.0 Å². The van der Waals surface area contributed by atoms with E-state index in [1.807, 2.05) is 83.6 Å². The number of fused-ring (bicyclic) bond motifs is 2. The van der Waals surface area contributed by atoms with Gasteiger partial charge in [0.25, 0.3) is 5.91 Å². The van der Waals surface area contributed by atoms with Crippen molar-refractivity contribution >= 4 is 109 Å². The molecule has 0 bridgehead atoms. The zero-order valence-corrected chi connectivity index (χ0v) is 59.4. The molecule has 2 aromatic carbocycles. The van der Waals surface area contributed by atoms with E-state index >= 15 is 0 Å². The van der Waals surface area contributed by atoms with Gasteiger partial charge in [-0.1, -0.05) is 56.0 Å². The van der Waals surface area contributed by atoms with Gasteiger partial charge in [-0.15, -0.1) is 35.8 Å². The molecule has 25 nitrogen and oxygen atoms in total. The van der Waals surface area contributed by atoms with Crippen LogP contribution in [0, 0.1) is 42.9 Å². The predicted octanol–water partition coefficient (Wildman–Crippen LogP) is 7.47. The molecule has 6 N–H and O–H groups in total. The maximum atomic E-state index is 13.9. The number of hydrogen-bond donors (Lipinski definition) is 5. The first kappa shape index (κ1) is 72.8. The van der Waals surface area contributed by atoms with E-state index in [4.69, 9.17) is 45.4 Å². The normalized spacial score (nSPS) is 23.6. The quantitative estimate of drug-likeness (QED) is 0.0436. The molecule has 31 heteroatoms. The number of rotatable bonds is 17. The second-order valence-corrected chi connectivity index (χ2v) is 30.9. The number of para-hydroxylation sites is 4. The number of nitrogens with one attached hydrogen (secondary N) is 3. The number of hydrogen-bond acceptors (Lipinski definition) is 20. The monoisotopic (exact) mass is 1590 g/mol. The Labute approximate surface area is 581 Å². The Morgan fingerprint density at radius 3 is 1.35 bits per heavy atom. The standard InChI is InChI=1S/C31H35N5O7S2.C28H30N4O6S.C3H7NO2S.CH4.BH.U/c1-5-18-16-31(18,28(38)35-45(40,41)20-12-13-20)34-26(37)23-15-19(17-36(23)29(39)43-30(2,3)4)42-27-25(24-11-8-14-44-24)32-21-9-6-7-10-22(21)33-27;1-5-16-14-28(16,25(34)35)31-23(33)20-13-17(15-32(20)26(36)38-27(2,3)4)37-24-22(21-11-8-12-39-21)29-18-9-6-7-10-19(18)30-24;4-7(5,6)3-1-2-3;;;/h5-11,14,18-20,23H,1,12-13,15-17H2,2-4H3,(H,34,37)(H,35,38);5-12,16-17,20H,1,13-15H2,2-4H3,(H,31,33)(H,34,35);3H,1-2H2,(H2,4,5,6);1H4;1H;/t18-,19-,23+,31-;16-,17-,20+,28-;;;;/m11..../s1/i;;;;1D;. The van der Waals surface area contributed by atoms with Crippen LogP contribution in [-0.2, 0) is 48.7 Å². The minimum atomic E-state index is -3.84. The summed E-state index contributed by atoms with van der Waals surface area (Å²) in [4.78, 5) is 102. The van der Waals surface area contributed by atoms with Crippen LogP contribution >= 0.6 is 22.7 Å². The van der Waals surface area contributed by atoms with Crippen molar-refractivity contribution in [2.75, 3.05) is 13.1 Å². The average molecular weight is 1590 g/mol. The van der Waals surface area contributed by atoms with Crippen LogP contribution in [0.25, 0.3) is 43.2 Å². The van der Waals surface area contributed by atoms with Gasteiger partial charge in [-0.25, -0.2) is 56.3 Å². The van der Waals surface area contributed by atoms with E-state index in [9.17, 15) is 50.7 Å². The van der Waals surface area contributed by atoms with Crippen LogP contribution in [0.2, 0.25) is 0 Å². The number of aliphatic carboxylic acids is 1. The molecule has 500 valence electrons. The number of carboxylic acid groups (broad SMARTS) is 1. The van der Waals surface area contributed by atoms with Gasteiger partial charge in [-0.2, -0.15) is 0 Å². The first-order valence-corrected chi connectivity index (χ1v) is 34.5. The molecule has 4 aliphatic carbocycles. The summed E-state index contributed by atoms with van der Waals surface area (Å²) >= 11 is 2.98. The molecule has 4 aromatic heterocycles. The van der Waals surface area contributed by atoms with Crippen molar-refractivity contribution in [1.29, 1.82) is 1.34 Å². The van der Waals surface area contributed by atoms with Gasteiger partial charge < -0.3 is 34.7 Å². The van der Waals surface area contributed by atoms with Gasteiger partial charge in [0.05, 0.1) is 55.4 Å². The van der Waals surface area contributed by atoms with E-state index in [0.717, 1.165) is 22.6 Å². The number of carbonyl (C=O) groups excluding carboxylic acids is 5. The first-order valence-electron chi connectivity index (χ1n) is 30.1. The molecule has 2 radical (unpaired) electrons. The summed E-state index contributed by atoms with van der Waals surface area (Å²) < 4.78 is 76.7. The number of amides is 5. The van der Waals surface area contributed by atoms with E-state index in [2.05, 4.69) is 36.9 Å². The Morgan fingerprint density at radius 1 is 0.649 bits per heavy atom. The number of primary sulfonamides is 1. The summed E-state index contributed by atoms with van der Waals surface area (Å²) in [6.07, 6.45) is 3.46. The summed E-state index contributed by atoms with van der Waals surface area (Å²) in [5.74, 6) is -3.45. The fourth-order valence-electron chi connectivity index (χ4n) is 10.6. The topological polar surface area (TPSA) is 348 Å². The Hall–Kier alpha value is -7.00. The third-order valence-corrected chi connectivity index (χ3v) is 20.8. The Balaban J connectivity index is 0.000000235.